The van der Waals surface area contributed by atoms with Crippen LogP contribution >= 0.6 is 11.6 Å². The van der Waals surface area contributed by atoms with E-state index in [1.54, 1.807) is 54.5 Å². The van der Waals surface area contributed by atoms with E-state index >= 15 is 0 Å². The van der Waals surface area contributed by atoms with E-state index in [-0.39, 0.29) is 28.9 Å². The number of piperazine rings is 1. The van der Waals surface area contributed by atoms with E-state index < -0.39 is 10.0 Å². The first-order chi connectivity index (χ1) is 12.4. The number of ether oxygens (including phenoxy) is 1. The van der Waals surface area contributed by atoms with E-state index in [9.17, 15) is 13.2 Å². The van der Waals surface area contributed by atoms with Crippen molar-refractivity contribution in [1.29, 1.82) is 0 Å². The molecule has 8 heteroatoms. The van der Waals surface area contributed by atoms with Crippen LogP contribution in [0.2, 0.25) is 5.02 Å². The van der Waals surface area contributed by atoms with Crippen molar-refractivity contribution < 1.29 is 17.9 Å². The lowest BCUT2D eigenvalue weighted by molar-refractivity contribution is 0.0698. The molecule has 0 aliphatic carbocycles. The first-order valence-electron chi connectivity index (χ1n) is 8.11. The molecule has 0 atom stereocenters. The van der Waals surface area contributed by atoms with Crippen molar-refractivity contribution in [2.24, 2.45) is 0 Å². The van der Waals surface area contributed by atoms with E-state index in [1.165, 1.54) is 10.4 Å². The summed E-state index contributed by atoms with van der Waals surface area (Å²) in [5.74, 6) is 0.555. The first-order valence-corrected chi connectivity index (χ1v) is 9.93. The van der Waals surface area contributed by atoms with Crippen LogP contribution in [0, 0.1) is 0 Å². The summed E-state index contributed by atoms with van der Waals surface area (Å²) < 4.78 is 32.0. The van der Waals surface area contributed by atoms with Crippen molar-refractivity contribution in [3.63, 3.8) is 0 Å². The maximum atomic E-state index is 12.7. The number of carbonyl (C=O) groups excluding carboxylic acids is 1. The molecule has 0 aromatic heterocycles. The molecule has 0 spiro atoms. The summed E-state index contributed by atoms with van der Waals surface area (Å²) in [7, 11) is -2.10. The molecule has 1 heterocycles. The van der Waals surface area contributed by atoms with E-state index in [4.69, 9.17) is 16.3 Å². The zero-order chi connectivity index (χ0) is 18.7. The van der Waals surface area contributed by atoms with E-state index in [1.807, 2.05) is 0 Å². The number of amides is 1. The van der Waals surface area contributed by atoms with Crippen LogP contribution in [0.3, 0.4) is 0 Å². The second-order valence-corrected chi connectivity index (χ2v) is 8.17. The van der Waals surface area contributed by atoms with Gasteiger partial charge in [0.1, 0.15) is 10.6 Å². The molecule has 1 aliphatic heterocycles. The highest BCUT2D eigenvalue weighted by Crippen LogP contribution is 2.25. The van der Waals surface area contributed by atoms with Crippen LogP contribution in [-0.4, -0.2) is 56.8 Å². The van der Waals surface area contributed by atoms with Gasteiger partial charge in [0, 0.05) is 31.7 Å². The van der Waals surface area contributed by atoms with Gasteiger partial charge >= 0.3 is 0 Å². The fourth-order valence-corrected chi connectivity index (χ4v) is 4.76. The number of hydrogen-bond acceptors (Lipinski definition) is 4. The molecule has 0 bridgehead atoms. The van der Waals surface area contributed by atoms with Crippen LogP contribution in [0.25, 0.3) is 0 Å². The molecule has 2 aromatic rings. The zero-order valence-corrected chi connectivity index (χ0v) is 15.8. The average Bonchev–Trinajstić information content (AvgIpc) is 2.68. The average molecular weight is 395 g/mol. The molecule has 138 valence electrons. The van der Waals surface area contributed by atoms with Gasteiger partial charge in [-0.2, -0.15) is 4.31 Å². The van der Waals surface area contributed by atoms with Gasteiger partial charge < -0.3 is 9.64 Å². The van der Waals surface area contributed by atoms with E-state index in [0.29, 0.717) is 24.4 Å². The van der Waals surface area contributed by atoms with Crippen molar-refractivity contribution in [3.05, 3.63) is 59.1 Å². The third kappa shape index (κ3) is 3.70. The Bertz CT molecular complexity index is 892. The molecule has 1 fully saturated rings. The Morgan fingerprint density at radius 1 is 1.00 bits per heavy atom. The predicted octanol–water partition coefficient (Wildman–Crippen LogP) is 2.50. The molecule has 1 aliphatic rings. The van der Waals surface area contributed by atoms with Crippen LogP contribution in [0.4, 0.5) is 0 Å². The Morgan fingerprint density at radius 3 is 2.19 bits per heavy atom. The summed E-state index contributed by atoms with van der Waals surface area (Å²) >= 11 is 6.03. The highest BCUT2D eigenvalue weighted by molar-refractivity contribution is 7.89. The summed E-state index contributed by atoms with van der Waals surface area (Å²) in [6.07, 6.45) is 0. The minimum Gasteiger partial charge on any atom is -0.497 e. The van der Waals surface area contributed by atoms with Crippen molar-refractivity contribution >= 4 is 27.5 Å². The Kier molecular flexibility index (Phi) is 5.50. The van der Waals surface area contributed by atoms with Crippen molar-refractivity contribution in [2.45, 2.75) is 4.90 Å². The molecular formula is C18H19ClN2O4S. The fourth-order valence-electron chi connectivity index (χ4n) is 2.84. The minimum absolute atomic E-state index is 0.0941. The molecule has 0 radical (unpaired) electrons. The third-order valence-electron chi connectivity index (χ3n) is 4.32. The smallest absolute Gasteiger partial charge is 0.253 e. The topological polar surface area (TPSA) is 66.9 Å². The molecule has 3 rings (SSSR count). The predicted molar refractivity (Wildman–Crippen MR) is 99.1 cm³/mol. The molecule has 0 saturated carbocycles. The van der Waals surface area contributed by atoms with E-state index in [2.05, 4.69) is 0 Å². The van der Waals surface area contributed by atoms with Crippen LogP contribution in [0.15, 0.2) is 53.4 Å². The molecule has 26 heavy (non-hydrogen) atoms. The third-order valence-corrected chi connectivity index (χ3v) is 6.72. The van der Waals surface area contributed by atoms with Gasteiger partial charge in [0.15, 0.2) is 0 Å². The lowest BCUT2D eigenvalue weighted by atomic mass is 10.2. The SMILES string of the molecule is COc1ccc(C(=O)N2CCN(S(=O)(=O)c3ccccc3Cl)CC2)cc1. The summed E-state index contributed by atoms with van der Waals surface area (Å²) in [5.41, 5.74) is 0.549. The standard InChI is InChI=1S/C18H19ClN2O4S/c1-25-15-8-6-14(7-9-15)18(22)20-10-12-21(13-11-20)26(23,24)17-5-3-2-4-16(17)19/h2-9H,10-13H2,1H3. The second-order valence-electron chi connectivity index (χ2n) is 5.86. The lowest BCUT2D eigenvalue weighted by Crippen LogP contribution is -2.50. The van der Waals surface area contributed by atoms with Gasteiger partial charge in [-0.05, 0) is 36.4 Å². The molecule has 1 amide bonds. The highest BCUT2D eigenvalue weighted by Gasteiger charge is 2.31. The van der Waals surface area contributed by atoms with Crippen molar-refractivity contribution in [2.75, 3.05) is 33.3 Å². The Labute approximate surface area is 158 Å². The Hall–Kier alpha value is -2.09. The number of sulfonamides is 1. The van der Waals surface area contributed by atoms with Crippen LogP contribution in [0.1, 0.15) is 10.4 Å². The largest absolute Gasteiger partial charge is 0.497 e. The molecular weight excluding hydrogens is 376 g/mol. The normalized spacial score (nSPS) is 15.7. The Morgan fingerprint density at radius 2 is 1.62 bits per heavy atom. The summed E-state index contributed by atoms with van der Waals surface area (Å²) in [6.45, 7) is 1.12. The van der Waals surface area contributed by atoms with Crippen molar-refractivity contribution in [1.82, 2.24) is 9.21 Å². The van der Waals surface area contributed by atoms with E-state index in [0.717, 1.165) is 0 Å². The molecule has 1 saturated heterocycles. The first kappa shape index (κ1) is 18.7. The van der Waals surface area contributed by atoms with Crippen LogP contribution < -0.4 is 4.74 Å². The minimum atomic E-state index is -3.67. The number of hydrogen-bond donors (Lipinski definition) is 0. The monoisotopic (exact) mass is 394 g/mol. The Balaban J connectivity index is 1.68. The number of carbonyl (C=O) groups is 1. The summed E-state index contributed by atoms with van der Waals surface area (Å²) in [5, 5.41) is 0.198. The number of halogens is 1. The molecule has 0 unspecified atom stereocenters. The number of nitrogens with zero attached hydrogens (tertiary/aromatic N) is 2. The van der Waals surface area contributed by atoms with Gasteiger partial charge in [0.05, 0.1) is 12.1 Å². The second kappa shape index (κ2) is 7.65. The van der Waals surface area contributed by atoms with Gasteiger partial charge in [-0.1, -0.05) is 23.7 Å². The van der Waals surface area contributed by atoms with Crippen LogP contribution in [-0.2, 0) is 10.0 Å². The zero-order valence-electron chi connectivity index (χ0n) is 14.3. The van der Waals surface area contributed by atoms with Crippen molar-refractivity contribution in [3.8, 4) is 5.75 Å². The molecule has 6 nitrogen and oxygen atoms in total. The molecule has 2 aromatic carbocycles. The van der Waals surface area contributed by atoms with Gasteiger partial charge in [-0.25, -0.2) is 8.42 Å². The van der Waals surface area contributed by atoms with Gasteiger partial charge in [-0.15, -0.1) is 0 Å². The fraction of sp³-hybridized carbons (Fsp3) is 0.278. The number of methoxy groups -OCH3 is 1. The summed E-state index contributed by atoms with van der Waals surface area (Å²) in [6, 6.07) is 13.2. The highest BCUT2D eigenvalue weighted by atomic mass is 35.5. The van der Waals surface area contributed by atoms with Gasteiger partial charge in [0.25, 0.3) is 5.91 Å². The van der Waals surface area contributed by atoms with Gasteiger partial charge in [0.2, 0.25) is 10.0 Å². The maximum absolute atomic E-state index is 12.7. The number of rotatable bonds is 4. The van der Waals surface area contributed by atoms with Gasteiger partial charge in [-0.3, -0.25) is 4.79 Å². The number of benzene rings is 2. The molecule has 0 N–H and O–H groups in total. The summed E-state index contributed by atoms with van der Waals surface area (Å²) in [4.78, 5) is 14.3. The lowest BCUT2D eigenvalue weighted by Gasteiger charge is -2.34. The van der Waals surface area contributed by atoms with Crippen LogP contribution in [0.5, 0.6) is 5.75 Å². The quantitative estimate of drug-likeness (QED) is 0.799. The maximum Gasteiger partial charge on any atom is 0.253 e.